The first-order valence-electron chi connectivity index (χ1n) is 8.94. The molecule has 29 heavy (non-hydrogen) atoms. The van der Waals surface area contributed by atoms with Gasteiger partial charge < -0.3 is 14.0 Å². The summed E-state index contributed by atoms with van der Waals surface area (Å²) in [5, 5.41) is 4.07. The second-order valence-electron chi connectivity index (χ2n) is 6.44. The van der Waals surface area contributed by atoms with Crippen LogP contribution in [0.4, 0.5) is 4.39 Å². The number of carbonyl (C=O) groups excluding carboxylic acids is 1. The number of methoxy groups -OCH3 is 2. The van der Waals surface area contributed by atoms with Gasteiger partial charge in [0.2, 0.25) is 0 Å². The van der Waals surface area contributed by atoms with Gasteiger partial charge in [-0.2, -0.15) is 5.10 Å². The maximum atomic E-state index is 13.2. The molecule has 1 heterocycles. The summed E-state index contributed by atoms with van der Waals surface area (Å²) in [6.07, 6.45) is 1.58. The van der Waals surface area contributed by atoms with Gasteiger partial charge in [-0.1, -0.05) is 0 Å². The molecule has 2 aromatic carbocycles. The fraction of sp³-hybridized carbons (Fsp3) is 0.182. The molecule has 0 radical (unpaired) electrons. The molecule has 0 saturated heterocycles. The van der Waals surface area contributed by atoms with E-state index < -0.39 is 0 Å². The summed E-state index contributed by atoms with van der Waals surface area (Å²) in [5.41, 5.74) is 6.48. The van der Waals surface area contributed by atoms with Gasteiger partial charge in [-0.3, -0.25) is 4.79 Å². The summed E-state index contributed by atoms with van der Waals surface area (Å²) < 4.78 is 25.6. The summed E-state index contributed by atoms with van der Waals surface area (Å²) in [5.74, 6) is 0.364. The fourth-order valence-corrected chi connectivity index (χ4v) is 3.07. The lowest BCUT2D eigenvalue weighted by Crippen LogP contribution is -2.17. The average Bonchev–Trinajstić information content (AvgIpc) is 3.01. The van der Waals surface area contributed by atoms with Crippen molar-refractivity contribution in [3.05, 3.63) is 76.9 Å². The van der Waals surface area contributed by atoms with Crippen molar-refractivity contribution in [1.29, 1.82) is 0 Å². The van der Waals surface area contributed by atoms with Gasteiger partial charge in [0.25, 0.3) is 5.91 Å². The van der Waals surface area contributed by atoms with Gasteiger partial charge in [-0.25, -0.2) is 9.82 Å². The van der Waals surface area contributed by atoms with Gasteiger partial charge >= 0.3 is 0 Å². The van der Waals surface area contributed by atoms with E-state index in [1.54, 1.807) is 36.5 Å². The zero-order valence-corrected chi connectivity index (χ0v) is 16.7. The number of hydrogen-bond donors (Lipinski definition) is 1. The highest BCUT2D eigenvalue weighted by Crippen LogP contribution is 2.23. The zero-order valence-electron chi connectivity index (χ0n) is 16.7. The third-order valence-corrected chi connectivity index (χ3v) is 4.54. The van der Waals surface area contributed by atoms with Crippen LogP contribution < -0.4 is 14.9 Å². The molecule has 150 valence electrons. The van der Waals surface area contributed by atoms with E-state index in [0.29, 0.717) is 17.1 Å². The maximum absolute atomic E-state index is 13.2. The van der Waals surface area contributed by atoms with E-state index in [1.807, 2.05) is 24.5 Å². The number of amides is 1. The van der Waals surface area contributed by atoms with Gasteiger partial charge in [-0.05, 0) is 56.3 Å². The van der Waals surface area contributed by atoms with Crippen LogP contribution in [0.25, 0.3) is 5.69 Å². The van der Waals surface area contributed by atoms with E-state index in [1.165, 1.54) is 26.4 Å². The Morgan fingerprint density at radius 2 is 1.66 bits per heavy atom. The van der Waals surface area contributed by atoms with Crippen LogP contribution in [0.1, 0.15) is 27.3 Å². The second kappa shape index (κ2) is 8.60. The molecule has 1 aromatic heterocycles. The molecule has 3 aromatic rings. The molecule has 1 amide bonds. The summed E-state index contributed by atoms with van der Waals surface area (Å²) in [4.78, 5) is 12.4. The Hall–Kier alpha value is -3.61. The summed E-state index contributed by atoms with van der Waals surface area (Å²) in [6, 6.07) is 13.1. The van der Waals surface area contributed by atoms with E-state index in [9.17, 15) is 9.18 Å². The minimum atomic E-state index is -0.384. The van der Waals surface area contributed by atoms with Crippen molar-refractivity contribution < 1.29 is 18.7 Å². The van der Waals surface area contributed by atoms with Crippen molar-refractivity contribution in [2.24, 2.45) is 5.10 Å². The van der Waals surface area contributed by atoms with Crippen LogP contribution in [0.15, 0.2) is 53.6 Å². The number of aryl methyl sites for hydroxylation is 1. The largest absolute Gasteiger partial charge is 0.497 e. The lowest BCUT2D eigenvalue weighted by molar-refractivity contribution is 0.0954. The van der Waals surface area contributed by atoms with Gasteiger partial charge in [-0.15, -0.1) is 0 Å². The molecule has 0 aliphatic rings. The lowest BCUT2D eigenvalue weighted by Gasteiger charge is -2.09. The van der Waals surface area contributed by atoms with Crippen LogP contribution in [0.5, 0.6) is 11.5 Å². The number of ether oxygens (including phenoxy) is 2. The smallest absolute Gasteiger partial charge is 0.271 e. The quantitative estimate of drug-likeness (QED) is 0.507. The molecule has 0 fully saturated rings. The predicted molar refractivity (Wildman–Crippen MR) is 110 cm³/mol. The Balaban J connectivity index is 1.78. The maximum Gasteiger partial charge on any atom is 0.271 e. The molecule has 3 rings (SSSR count). The standard InChI is InChI=1S/C22H22FN3O3/c1-14-9-17(15(2)26(14)19-7-5-18(23)6-8-19)13-24-25-22(27)16-10-20(28-3)12-21(11-16)29-4/h5-13H,1-4H3,(H,25,27)/b24-13-. The highest BCUT2D eigenvalue weighted by Gasteiger charge is 2.11. The van der Waals surface area contributed by atoms with Gasteiger partial charge in [0.1, 0.15) is 17.3 Å². The van der Waals surface area contributed by atoms with Crippen LogP contribution in [-0.2, 0) is 0 Å². The number of aromatic nitrogens is 1. The number of hydrogen-bond acceptors (Lipinski definition) is 4. The van der Waals surface area contributed by atoms with E-state index in [4.69, 9.17) is 9.47 Å². The van der Waals surface area contributed by atoms with Crippen molar-refractivity contribution >= 4 is 12.1 Å². The first kappa shape index (κ1) is 20.1. The van der Waals surface area contributed by atoms with Gasteiger partial charge in [0.05, 0.1) is 20.4 Å². The molecular weight excluding hydrogens is 373 g/mol. The number of rotatable bonds is 6. The fourth-order valence-electron chi connectivity index (χ4n) is 3.07. The lowest BCUT2D eigenvalue weighted by atomic mass is 10.2. The van der Waals surface area contributed by atoms with Crippen molar-refractivity contribution in [3.63, 3.8) is 0 Å². The molecule has 0 spiro atoms. The molecule has 0 aliphatic carbocycles. The molecule has 6 nitrogen and oxygen atoms in total. The van der Waals surface area contributed by atoms with Crippen LogP contribution in [0.3, 0.4) is 0 Å². The number of carbonyl (C=O) groups is 1. The monoisotopic (exact) mass is 395 g/mol. The van der Waals surface area contributed by atoms with Gasteiger partial charge in [0, 0.05) is 34.3 Å². The second-order valence-corrected chi connectivity index (χ2v) is 6.44. The first-order chi connectivity index (χ1) is 13.9. The number of nitrogens with zero attached hydrogens (tertiary/aromatic N) is 2. The summed E-state index contributed by atoms with van der Waals surface area (Å²) >= 11 is 0. The van der Waals surface area contributed by atoms with E-state index in [2.05, 4.69) is 10.5 Å². The van der Waals surface area contributed by atoms with E-state index >= 15 is 0 Å². The molecule has 0 bridgehead atoms. The van der Waals surface area contributed by atoms with Crippen molar-refractivity contribution in [2.75, 3.05) is 14.2 Å². The Labute approximate surface area is 168 Å². The average molecular weight is 395 g/mol. The van der Waals surface area contributed by atoms with Crippen molar-refractivity contribution in [2.45, 2.75) is 13.8 Å². The third kappa shape index (κ3) is 4.45. The molecule has 0 unspecified atom stereocenters. The minimum Gasteiger partial charge on any atom is -0.497 e. The minimum absolute atomic E-state index is 0.283. The number of hydrazone groups is 1. The zero-order chi connectivity index (χ0) is 21.0. The van der Waals surface area contributed by atoms with Crippen molar-refractivity contribution in [3.8, 4) is 17.2 Å². The topological polar surface area (TPSA) is 64.8 Å². The third-order valence-electron chi connectivity index (χ3n) is 4.54. The number of benzene rings is 2. The predicted octanol–water partition coefficient (Wildman–Crippen LogP) is 4.01. The molecule has 0 saturated carbocycles. The highest BCUT2D eigenvalue weighted by molar-refractivity contribution is 5.95. The molecule has 7 heteroatoms. The SMILES string of the molecule is COc1cc(OC)cc(C(=O)N/N=C\c2cc(C)n(-c3ccc(F)cc3)c2C)c1. The first-order valence-corrected chi connectivity index (χ1v) is 8.94. The van der Waals surface area contributed by atoms with Crippen LogP contribution in [-0.4, -0.2) is 30.9 Å². The Morgan fingerprint density at radius 3 is 2.24 bits per heavy atom. The number of halogens is 1. The molecule has 1 N–H and O–H groups in total. The molecular formula is C22H22FN3O3. The molecule has 0 atom stereocenters. The Bertz CT molecular complexity index is 1030. The van der Waals surface area contributed by atoms with Crippen LogP contribution in [0, 0.1) is 19.7 Å². The number of nitrogens with one attached hydrogen (secondary N) is 1. The highest BCUT2D eigenvalue weighted by atomic mass is 19.1. The summed E-state index contributed by atoms with van der Waals surface area (Å²) in [7, 11) is 3.04. The van der Waals surface area contributed by atoms with Crippen molar-refractivity contribution in [1.82, 2.24) is 9.99 Å². The normalized spacial score (nSPS) is 10.9. The van der Waals surface area contributed by atoms with E-state index in [0.717, 1.165) is 22.6 Å². The van der Waals surface area contributed by atoms with Crippen LogP contribution >= 0.6 is 0 Å². The van der Waals surface area contributed by atoms with Crippen LogP contribution in [0.2, 0.25) is 0 Å². The molecule has 0 aliphatic heterocycles. The van der Waals surface area contributed by atoms with Gasteiger partial charge in [0.15, 0.2) is 0 Å². The summed E-state index contributed by atoms with van der Waals surface area (Å²) in [6.45, 7) is 3.89. The van der Waals surface area contributed by atoms with E-state index in [-0.39, 0.29) is 11.7 Å². The Kier molecular flexibility index (Phi) is 5.97. The Morgan fingerprint density at radius 1 is 1.03 bits per heavy atom.